The van der Waals surface area contributed by atoms with Gasteiger partial charge in [0, 0.05) is 22.5 Å². The number of rotatable bonds is 9. The second kappa shape index (κ2) is 11.3. The van der Waals surface area contributed by atoms with E-state index in [2.05, 4.69) is 26.0 Å². The van der Waals surface area contributed by atoms with E-state index in [9.17, 15) is 19.3 Å². The molecule has 4 rings (SSSR count). The van der Waals surface area contributed by atoms with Gasteiger partial charge in [0.15, 0.2) is 5.75 Å². The Bertz CT molecular complexity index is 1570. The molecule has 0 fully saturated rings. The number of aromatic nitrogens is 2. The number of methoxy groups -OCH3 is 1. The van der Waals surface area contributed by atoms with E-state index in [1.54, 1.807) is 24.3 Å². The van der Waals surface area contributed by atoms with Gasteiger partial charge in [0.25, 0.3) is 5.56 Å². The van der Waals surface area contributed by atoms with Crippen molar-refractivity contribution in [3.8, 4) is 11.5 Å². The Kier molecular flexibility index (Phi) is 7.92. The Morgan fingerprint density at radius 1 is 1.22 bits per heavy atom. The number of ether oxygens (including phenoxy) is 2. The van der Waals surface area contributed by atoms with Crippen LogP contribution in [0, 0.1) is 15.9 Å². The van der Waals surface area contributed by atoms with E-state index in [-0.39, 0.29) is 29.4 Å². The molecule has 0 aliphatic rings. The van der Waals surface area contributed by atoms with Crippen molar-refractivity contribution >= 4 is 38.7 Å². The molecule has 0 aliphatic carbocycles. The third-order valence-electron chi connectivity index (χ3n) is 5.42. The minimum absolute atomic E-state index is 0.0914. The lowest BCUT2D eigenvalue weighted by atomic mass is 10.1. The molecule has 1 heterocycles. The fourth-order valence-corrected chi connectivity index (χ4v) is 4.08. The van der Waals surface area contributed by atoms with Crippen LogP contribution in [0.2, 0.25) is 0 Å². The van der Waals surface area contributed by atoms with Gasteiger partial charge in [-0.25, -0.2) is 9.37 Å². The van der Waals surface area contributed by atoms with Gasteiger partial charge in [0.2, 0.25) is 5.75 Å². The minimum Gasteiger partial charge on any atom is -0.493 e. The third kappa shape index (κ3) is 5.83. The molecule has 0 amide bonds. The molecule has 9 nitrogen and oxygen atoms in total. The van der Waals surface area contributed by atoms with Gasteiger partial charge in [0.05, 0.1) is 29.2 Å². The minimum atomic E-state index is -0.607. The highest BCUT2D eigenvalue weighted by atomic mass is 79.9. The molecule has 0 saturated heterocycles. The highest BCUT2D eigenvalue weighted by Crippen LogP contribution is 2.38. The number of nitrogens with zero attached hydrogens (tertiary/aromatic N) is 4. The standard InChI is InChI=1S/C26H22BrFN4O5/c1-3-5-24-30-21-9-8-18(27)13-20(21)26(33)31(24)29-14-17-11-22(32(34)35)25(23(12-17)36-2)37-15-16-6-4-7-19(28)10-16/h4,6-14H,3,5,15H2,1-2H3. The van der Waals surface area contributed by atoms with Crippen molar-refractivity contribution in [1.29, 1.82) is 0 Å². The molecule has 0 atom stereocenters. The van der Waals surface area contributed by atoms with Crippen molar-refractivity contribution in [3.05, 3.63) is 102 Å². The monoisotopic (exact) mass is 568 g/mol. The normalized spacial score (nSPS) is 11.2. The number of nitro groups is 1. The Balaban J connectivity index is 1.74. The zero-order valence-electron chi connectivity index (χ0n) is 20.0. The molecule has 0 unspecified atom stereocenters. The molecule has 0 bridgehead atoms. The summed E-state index contributed by atoms with van der Waals surface area (Å²) < 4.78 is 26.4. The Labute approximate surface area is 219 Å². The van der Waals surface area contributed by atoms with E-state index >= 15 is 0 Å². The van der Waals surface area contributed by atoms with Gasteiger partial charge in [-0.3, -0.25) is 14.9 Å². The average Bonchev–Trinajstić information content (AvgIpc) is 2.87. The molecule has 0 saturated carbocycles. The average molecular weight is 569 g/mol. The molecule has 3 aromatic carbocycles. The third-order valence-corrected chi connectivity index (χ3v) is 5.91. The summed E-state index contributed by atoms with van der Waals surface area (Å²) in [5.41, 5.74) is 0.646. The largest absolute Gasteiger partial charge is 0.493 e. The van der Waals surface area contributed by atoms with Crippen LogP contribution in [0.4, 0.5) is 10.1 Å². The lowest BCUT2D eigenvalue weighted by molar-refractivity contribution is -0.386. The molecule has 0 aliphatic heterocycles. The summed E-state index contributed by atoms with van der Waals surface area (Å²) >= 11 is 3.37. The number of benzene rings is 3. The van der Waals surface area contributed by atoms with Crippen LogP contribution in [0.3, 0.4) is 0 Å². The SMILES string of the molecule is CCCc1nc2ccc(Br)cc2c(=O)n1N=Cc1cc(OC)c(OCc2cccc(F)c2)c([N+](=O)[O-])c1. The van der Waals surface area contributed by atoms with Gasteiger partial charge >= 0.3 is 5.69 Å². The van der Waals surface area contributed by atoms with Crippen LogP contribution >= 0.6 is 15.9 Å². The first-order chi connectivity index (χ1) is 17.8. The zero-order chi connectivity index (χ0) is 26.5. The predicted molar refractivity (Wildman–Crippen MR) is 141 cm³/mol. The quantitative estimate of drug-likeness (QED) is 0.147. The summed E-state index contributed by atoms with van der Waals surface area (Å²) in [6, 6.07) is 13.7. The van der Waals surface area contributed by atoms with Crippen molar-refractivity contribution in [1.82, 2.24) is 9.66 Å². The van der Waals surface area contributed by atoms with Crippen LogP contribution in [0.1, 0.15) is 30.3 Å². The van der Waals surface area contributed by atoms with Crippen LogP contribution in [-0.2, 0) is 13.0 Å². The maximum absolute atomic E-state index is 13.5. The van der Waals surface area contributed by atoms with Gasteiger partial charge in [-0.15, -0.1) is 0 Å². The Hall–Kier alpha value is -4.12. The topological polar surface area (TPSA) is 109 Å². The molecule has 1 aromatic heterocycles. The maximum Gasteiger partial charge on any atom is 0.315 e. The first-order valence-electron chi connectivity index (χ1n) is 11.3. The van der Waals surface area contributed by atoms with E-state index in [0.717, 1.165) is 10.9 Å². The summed E-state index contributed by atoms with van der Waals surface area (Å²) in [6.45, 7) is 1.86. The molecule has 4 aromatic rings. The lowest BCUT2D eigenvalue weighted by Gasteiger charge is -2.12. The van der Waals surface area contributed by atoms with E-state index in [1.165, 1.54) is 48.3 Å². The highest BCUT2D eigenvalue weighted by Gasteiger charge is 2.22. The number of fused-ring (bicyclic) bond motifs is 1. The van der Waals surface area contributed by atoms with Crippen LogP contribution in [0.25, 0.3) is 10.9 Å². The second-order valence-corrected chi connectivity index (χ2v) is 8.96. The highest BCUT2D eigenvalue weighted by molar-refractivity contribution is 9.10. The van der Waals surface area contributed by atoms with Crippen molar-refractivity contribution in [2.45, 2.75) is 26.4 Å². The summed E-state index contributed by atoms with van der Waals surface area (Å²) in [7, 11) is 1.35. The van der Waals surface area contributed by atoms with Gasteiger partial charge < -0.3 is 9.47 Å². The molecule has 11 heteroatoms. The maximum atomic E-state index is 13.5. The summed E-state index contributed by atoms with van der Waals surface area (Å²) in [4.78, 5) is 29.0. The predicted octanol–water partition coefficient (Wildman–Crippen LogP) is 5.63. The lowest BCUT2D eigenvalue weighted by Crippen LogP contribution is -2.22. The summed E-state index contributed by atoms with van der Waals surface area (Å²) in [5.74, 6) is 0.0150. The molecular formula is C26H22BrFN4O5. The van der Waals surface area contributed by atoms with Crippen LogP contribution in [0.15, 0.2) is 69.0 Å². The fraction of sp³-hybridized carbons (Fsp3) is 0.192. The van der Waals surface area contributed by atoms with E-state index < -0.39 is 10.7 Å². The molecular weight excluding hydrogens is 547 g/mol. The van der Waals surface area contributed by atoms with E-state index in [4.69, 9.17) is 9.47 Å². The van der Waals surface area contributed by atoms with Crippen molar-refractivity contribution in [2.24, 2.45) is 5.10 Å². The molecule has 190 valence electrons. The number of hydrogen-bond acceptors (Lipinski definition) is 7. The van der Waals surface area contributed by atoms with Crippen molar-refractivity contribution < 1.29 is 18.8 Å². The van der Waals surface area contributed by atoms with Gasteiger partial charge in [-0.05, 0) is 48.4 Å². The zero-order valence-corrected chi connectivity index (χ0v) is 21.6. The molecule has 37 heavy (non-hydrogen) atoms. The molecule has 0 radical (unpaired) electrons. The number of aryl methyl sites for hydroxylation is 1. The fourth-order valence-electron chi connectivity index (χ4n) is 3.72. The van der Waals surface area contributed by atoms with Gasteiger partial charge in [-0.2, -0.15) is 9.78 Å². The van der Waals surface area contributed by atoms with E-state index in [1.807, 2.05) is 6.92 Å². The van der Waals surface area contributed by atoms with Gasteiger partial charge in [0.1, 0.15) is 18.2 Å². The first-order valence-corrected chi connectivity index (χ1v) is 12.1. The van der Waals surface area contributed by atoms with Crippen LogP contribution in [0.5, 0.6) is 11.5 Å². The smallest absolute Gasteiger partial charge is 0.315 e. The Morgan fingerprint density at radius 3 is 2.73 bits per heavy atom. The van der Waals surface area contributed by atoms with Crippen molar-refractivity contribution in [2.75, 3.05) is 7.11 Å². The first kappa shape index (κ1) is 26.0. The summed E-state index contributed by atoms with van der Waals surface area (Å²) in [6.07, 6.45) is 2.58. The number of nitro benzene ring substituents is 1. The Morgan fingerprint density at radius 2 is 2.03 bits per heavy atom. The van der Waals surface area contributed by atoms with Crippen LogP contribution in [-0.4, -0.2) is 27.9 Å². The van der Waals surface area contributed by atoms with Crippen molar-refractivity contribution in [3.63, 3.8) is 0 Å². The summed E-state index contributed by atoms with van der Waals surface area (Å²) in [5, 5.41) is 16.6. The number of hydrogen-bond donors (Lipinski definition) is 0. The number of halogens is 2. The molecule has 0 N–H and O–H groups in total. The van der Waals surface area contributed by atoms with Gasteiger partial charge in [-0.1, -0.05) is 35.0 Å². The second-order valence-electron chi connectivity index (χ2n) is 8.05. The van der Waals surface area contributed by atoms with Crippen LogP contribution < -0.4 is 15.0 Å². The molecule has 0 spiro atoms. The van der Waals surface area contributed by atoms with E-state index in [0.29, 0.717) is 34.3 Å².